The maximum Gasteiger partial charge on any atom is 0.338 e. The van der Waals surface area contributed by atoms with Gasteiger partial charge in [-0.25, -0.2) is 9.78 Å². The Balaban J connectivity index is 1.73. The normalized spacial score (nSPS) is 12.4. The van der Waals surface area contributed by atoms with Gasteiger partial charge in [-0.15, -0.1) is 11.3 Å². The smallest absolute Gasteiger partial charge is 0.338 e. The van der Waals surface area contributed by atoms with Crippen LogP contribution in [0.5, 0.6) is 5.75 Å². The number of ether oxygens (including phenoxy) is 2. The van der Waals surface area contributed by atoms with Crippen molar-refractivity contribution in [1.82, 2.24) is 9.97 Å². The van der Waals surface area contributed by atoms with Crippen molar-refractivity contribution in [3.63, 3.8) is 0 Å². The first kappa shape index (κ1) is 20.1. The molecule has 6 nitrogen and oxygen atoms in total. The van der Waals surface area contributed by atoms with Crippen LogP contribution in [-0.4, -0.2) is 22.5 Å². The summed E-state index contributed by atoms with van der Waals surface area (Å²) in [6.45, 7) is 10.3. The second kappa shape index (κ2) is 8.14. The lowest BCUT2D eigenvalue weighted by molar-refractivity contribution is 0.0320. The standard InChI is InChI=1S/C21H24N2O4S/c1-11(2)10-26-16-8-6-15(7-9-16)21(25)27-13(4)18-22-19(24)17-12(3)14(5)28-20(17)23-18/h6-9,11,13H,10H2,1-5H3,(H,22,23,24)/t13-/m1/s1. The molecule has 0 unspecified atom stereocenters. The van der Waals surface area contributed by atoms with Crippen molar-refractivity contribution in [3.05, 3.63) is 56.4 Å². The van der Waals surface area contributed by atoms with Crippen LogP contribution in [0.15, 0.2) is 29.1 Å². The molecule has 28 heavy (non-hydrogen) atoms. The Morgan fingerprint density at radius 3 is 2.50 bits per heavy atom. The zero-order valence-electron chi connectivity index (χ0n) is 16.7. The van der Waals surface area contributed by atoms with E-state index in [-0.39, 0.29) is 5.56 Å². The quantitative estimate of drug-likeness (QED) is 0.614. The van der Waals surface area contributed by atoms with Gasteiger partial charge in [0.05, 0.1) is 17.6 Å². The molecule has 7 heteroatoms. The largest absolute Gasteiger partial charge is 0.493 e. The van der Waals surface area contributed by atoms with E-state index in [9.17, 15) is 9.59 Å². The second-order valence-corrected chi connectivity index (χ2v) is 8.39. The van der Waals surface area contributed by atoms with Crippen molar-refractivity contribution >= 4 is 27.5 Å². The third-order valence-corrected chi connectivity index (χ3v) is 5.50. The number of carbonyl (C=O) groups is 1. The Labute approximate surface area is 167 Å². The highest BCUT2D eigenvalue weighted by atomic mass is 32.1. The van der Waals surface area contributed by atoms with E-state index < -0.39 is 12.1 Å². The Hall–Kier alpha value is -2.67. The summed E-state index contributed by atoms with van der Waals surface area (Å²) >= 11 is 1.46. The number of hydrogen-bond donors (Lipinski definition) is 1. The van der Waals surface area contributed by atoms with Crippen LogP contribution < -0.4 is 10.3 Å². The lowest BCUT2D eigenvalue weighted by Gasteiger charge is -2.13. The fraction of sp³-hybridized carbons (Fsp3) is 0.381. The van der Waals surface area contributed by atoms with E-state index in [2.05, 4.69) is 23.8 Å². The molecular formula is C21H24N2O4S. The van der Waals surface area contributed by atoms with E-state index >= 15 is 0 Å². The molecule has 0 aliphatic rings. The minimum atomic E-state index is -0.677. The summed E-state index contributed by atoms with van der Waals surface area (Å²) in [5.74, 6) is 0.986. The fourth-order valence-electron chi connectivity index (χ4n) is 2.70. The number of hydrogen-bond acceptors (Lipinski definition) is 6. The van der Waals surface area contributed by atoms with E-state index in [1.54, 1.807) is 31.2 Å². The van der Waals surface area contributed by atoms with Crippen LogP contribution in [0.25, 0.3) is 10.2 Å². The van der Waals surface area contributed by atoms with Crippen molar-refractivity contribution in [3.8, 4) is 5.75 Å². The predicted molar refractivity (Wildman–Crippen MR) is 110 cm³/mol. The Morgan fingerprint density at radius 2 is 1.86 bits per heavy atom. The Kier molecular flexibility index (Phi) is 5.84. The molecule has 0 amide bonds. The first-order valence-electron chi connectivity index (χ1n) is 9.20. The van der Waals surface area contributed by atoms with E-state index in [4.69, 9.17) is 9.47 Å². The van der Waals surface area contributed by atoms with Crippen LogP contribution in [0, 0.1) is 19.8 Å². The minimum Gasteiger partial charge on any atom is -0.493 e. The number of H-pyrrole nitrogens is 1. The molecule has 0 radical (unpaired) electrons. The summed E-state index contributed by atoms with van der Waals surface area (Å²) in [5, 5.41) is 0.599. The molecule has 0 spiro atoms. The van der Waals surface area contributed by atoms with Gasteiger partial charge >= 0.3 is 5.97 Å². The highest BCUT2D eigenvalue weighted by Gasteiger charge is 2.19. The lowest BCUT2D eigenvalue weighted by Crippen LogP contribution is -2.17. The molecule has 0 bridgehead atoms. The number of carbonyl (C=O) groups excluding carboxylic acids is 1. The van der Waals surface area contributed by atoms with Gasteiger partial charge in [0.1, 0.15) is 10.6 Å². The molecule has 148 valence electrons. The molecule has 0 saturated heterocycles. The number of fused-ring (bicyclic) bond motifs is 1. The van der Waals surface area contributed by atoms with Crippen molar-refractivity contribution in [1.29, 1.82) is 0 Å². The van der Waals surface area contributed by atoms with Gasteiger partial charge in [-0.1, -0.05) is 13.8 Å². The first-order chi connectivity index (χ1) is 13.3. The summed E-state index contributed by atoms with van der Waals surface area (Å²) in [7, 11) is 0. The molecule has 0 fully saturated rings. The number of esters is 1. The van der Waals surface area contributed by atoms with E-state index in [0.29, 0.717) is 39.9 Å². The number of nitrogens with zero attached hydrogens (tertiary/aromatic N) is 1. The zero-order chi connectivity index (χ0) is 20.4. The van der Waals surface area contributed by atoms with Crippen LogP contribution in [0.1, 0.15) is 53.5 Å². The van der Waals surface area contributed by atoms with Gasteiger partial charge in [0.2, 0.25) is 0 Å². The molecular weight excluding hydrogens is 376 g/mol. The highest BCUT2D eigenvalue weighted by Crippen LogP contribution is 2.27. The summed E-state index contributed by atoms with van der Waals surface area (Å²) in [6, 6.07) is 6.81. The third-order valence-electron chi connectivity index (χ3n) is 4.40. The van der Waals surface area contributed by atoms with Crippen LogP contribution in [0.2, 0.25) is 0 Å². The van der Waals surface area contributed by atoms with Gasteiger partial charge < -0.3 is 14.5 Å². The second-order valence-electron chi connectivity index (χ2n) is 7.19. The van der Waals surface area contributed by atoms with Gasteiger partial charge in [0.15, 0.2) is 11.9 Å². The average molecular weight is 401 g/mol. The van der Waals surface area contributed by atoms with Gasteiger partial charge in [-0.05, 0) is 56.5 Å². The lowest BCUT2D eigenvalue weighted by atomic mass is 10.2. The molecule has 2 heterocycles. The number of thiophene rings is 1. The summed E-state index contributed by atoms with van der Waals surface area (Å²) in [4.78, 5) is 33.8. The first-order valence-corrected chi connectivity index (χ1v) is 10.0. The van der Waals surface area contributed by atoms with Gasteiger partial charge in [-0.2, -0.15) is 0 Å². The van der Waals surface area contributed by atoms with Crippen LogP contribution in [0.3, 0.4) is 0 Å². The number of nitrogens with one attached hydrogen (secondary N) is 1. The molecule has 2 aromatic heterocycles. The molecule has 3 rings (SSSR count). The molecule has 1 aromatic carbocycles. The monoisotopic (exact) mass is 400 g/mol. The average Bonchev–Trinajstić information content (AvgIpc) is 2.94. The van der Waals surface area contributed by atoms with Crippen LogP contribution in [0.4, 0.5) is 0 Å². The van der Waals surface area contributed by atoms with Gasteiger partial charge in [0.25, 0.3) is 5.56 Å². The van der Waals surface area contributed by atoms with E-state index in [0.717, 1.165) is 10.4 Å². The summed E-state index contributed by atoms with van der Waals surface area (Å²) < 4.78 is 11.1. The van der Waals surface area contributed by atoms with Crippen molar-refractivity contribution in [2.24, 2.45) is 5.92 Å². The molecule has 1 N–H and O–H groups in total. The topological polar surface area (TPSA) is 81.3 Å². The maximum absolute atomic E-state index is 12.4. The van der Waals surface area contributed by atoms with E-state index in [1.807, 2.05) is 13.8 Å². The number of rotatable bonds is 6. The van der Waals surface area contributed by atoms with Crippen molar-refractivity contribution < 1.29 is 14.3 Å². The minimum absolute atomic E-state index is 0.212. The maximum atomic E-state index is 12.4. The van der Waals surface area contributed by atoms with Crippen LogP contribution in [-0.2, 0) is 4.74 Å². The fourth-order valence-corrected chi connectivity index (χ4v) is 3.74. The highest BCUT2D eigenvalue weighted by molar-refractivity contribution is 7.18. The zero-order valence-corrected chi connectivity index (χ0v) is 17.5. The van der Waals surface area contributed by atoms with Crippen molar-refractivity contribution in [2.45, 2.75) is 40.7 Å². The number of aromatic amines is 1. The number of benzene rings is 1. The van der Waals surface area contributed by atoms with Crippen LogP contribution >= 0.6 is 11.3 Å². The van der Waals surface area contributed by atoms with E-state index in [1.165, 1.54) is 11.3 Å². The SMILES string of the molecule is Cc1sc2nc([C@@H](C)OC(=O)c3ccc(OCC(C)C)cc3)[nH]c(=O)c2c1C. The summed E-state index contributed by atoms with van der Waals surface area (Å²) in [5.41, 5.74) is 1.14. The third kappa shape index (κ3) is 4.25. The van der Waals surface area contributed by atoms with Crippen molar-refractivity contribution in [2.75, 3.05) is 6.61 Å². The number of aromatic nitrogens is 2. The molecule has 0 aliphatic heterocycles. The molecule has 1 atom stereocenters. The predicted octanol–water partition coefficient (Wildman–Crippen LogP) is 4.55. The molecule has 0 saturated carbocycles. The Bertz CT molecular complexity index is 1050. The Morgan fingerprint density at radius 1 is 1.18 bits per heavy atom. The molecule has 3 aromatic rings. The number of aryl methyl sites for hydroxylation is 2. The van der Waals surface area contributed by atoms with Gasteiger partial charge in [0, 0.05) is 4.88 Å². The summed E-state index contributed by atoms with van der Waals surface area (Å²) in [6.07, 6.45) is -0.677. The molecule has 0 aliphatic carbocycles. The van der Waals surface area contributed by atoms with Gasteiger partial charge in [-0.3, -0.25) is 4.79 Å².